The van der Waals surface area contributed by atoms with E-state index in [1.54, 1.807) is 24.3 Å². The number of benzene rings is 2. The Morgan fingerprint density at radius 3 is 2.45 bits per heavy atom. The molecule has 0 radical (unpaired) electrons. The quantitative estimate of drug-likeness (QED) is 0.473. The van der Waals surface area contributed by atoms with Crippen molar-refractivity contribution in [3.63, 3.8) is 0 Å². The molecule has 1 aliphatic rings. The summed E-state index contributed by atoms with van der Waals surface area (Å²) >= 11 is 7.64. The van der Waals surface area contributed by atoms with Crippen LogP contribution in [0.3, 0.4) is 0 Å². The number of methoxy groups -OCH3 is 1. The normalized spacial score (nSPS) is 15.3. The highest BCUT2D eigenvalue weighted by molar-refractivity contribution is 7.15. The fraction of sp³-hybridized carbons (Fsp3) is 0.292. The number of rotatable bonds is 5. The van der Waals surface area contributed by atoms with Crippen LogP contribution in [-0.2, 0) is 14.9 Å². The Labute approximate surface area is 190 Å². The highest BCUT2D eigenvalue weighted by Gasteiger charge is 2.44. The molecule has 31 heavy (non-hydrogen) atoms. The predicted molar refractivity (Wildman–Crippen MR) is 124 cm³/mol. The molecule has 0 unspecified atom stereocenters. The average molecular weight is 455 g/mol. The summed E-state index contributed by atoms with van der Waals surface area (Å²) in [6.07, 6.45) is 6.52. The second kappa shape index (κ2) is 9.20. The number of hydrogen-bond acceptors (Lipinski definition) is 5. The fourth-order valence-corrected chi connectivity index (χ4v) is 5.42. The second-order valence-electron chi connectivity index (χ2n) is 7.68. The van der Waals surface area contributed by atoms with Crippen LogP contribution >= 0.6 is 22.9 Å². The molecule has 1 fully saturated rings. The van der Waals surface area contributed by atoms with Gasteiger partial charge in [0, 0.05) is 11.9 Å². The number of carbonyl (C=O) groups is 2. The van der Waals surface area contributed by atoms with Crippen LogP contribution in [-0.4, -0.2) is 24.0 Å². The van der Waals surface area contributed by atoms with E-state index in [0.717, 1.165) is 47.6 Å². The lowest BCUT2D eigenvalue weighted by molar-refractivity contribution is -0.149. The van der Waals surface area contributed by atoms with Gasteiger partial charge in [-0.15, -0.1) is 11.3 Å². The topological polar surface area (TPSA) is 68.3 Å². The molecule has 1 aliphatic carbocycles. The van der Waals surface area contributed by atoms with Gasteiger partial charge in [0.25, 0.3) is 5.91 Å². The molecular weight excluding hydrogens is 432 g/mol. The summed E-state index contributed by atoms with van der Waals surface area (Å²) in [5.41, 5.74) is 1.46. The number of amides is 1. The lowest BCUT2D eigenvalue weighted by atomic mass is 9.74. The molecule has 5 nitrogen and oxygen atoms in total. The summed E-state index contributed by atoms with van der Waals surface area (Å²) in [4.78, 5) is 30.7. The molecular formula is C24H23ClN2O3S. The van der Waals surface area contributed by atoms with Crippen molar-refractivity contribution >= 4 is 40.5 Å². The van der Waals surface area contributed by atoms with Crippen LogP contribution in [0.1, 0.15) is 47.5 Å². The third-order valence-corrected chi connectivity index (χ3v) is 7.32. The zero-order valence-corrected chi connectivity index (χ0v) is 18.8. The van der Waals surface area contributed by atoms with E-state index in [-0.39, 0.29) is 11.9 Å². The molecule has 1 saturated carbocycles. The van der Waals surface area contributed by atoms with Crippen LogP contribution in [0, 0.1) is 0 Å². The molecule has 0 bridgehead atoms. The van der Waals surface area contributed by atoms with E-state index < -0.39 is 5.41 Å². The number of anilines is 1. The highest BCUT2D eigenvalue weighted by Crippen LogP contribution is 2.43. The van der Waals surface area contributed by atoms with Gasteiger partial charge in [-0.2, -0.15) is 0 Å². The SMILES string of the molecule is COC(=O)C1(c2ncc(-c3ccc(NC(=O)c4ccccc4Cl)cc3)s2)CCCCC1. The minimum atomic E-state index is -0.626. The van der Waals surface area contributed by atoms with Crippen molar-refractivity contribution in [2.75, 3.05) is 12.4 Å². The number of carbonyl (C=O) groups excluding carboxylic acids is 2. The smallest absolute Gasteiger partial charge is 0.318 e. The molecule has 0 aliphatic heterocycles. The number of halogens is 1. The Morgan fingerprint density at radius 1 is 1.06 bits per heavy atom. The van der Waals surface area contributed by atoms with Crippen molar-refractivity contribution in [1.29, 1.82) is 0 Å². The van der Waals surface area contributed by atoms with Crippen LogP contribution in [0.2, 0.25) is 5.02 Å². The Hall–Kier alpha value is -2.70. The molecule has 7 heteroatoms. The monoisotopic (exact) mass is 454 g/mol. The molecule has 2 aromatic carbocycles. The van der Waals surface area contributed by atoms with Gasteiger partial charge in [-0.25, -0.2) is 4.98 Å². The Morgan fingerprint density at radius 2 is 1.77 bits per heavy atom. The first-order chi connectivity index (χ1) is 15.0. The van der Waals surface area contributed by atoms with E-state index in [9.17, 15) is 9.59 Å². The molecule has 1 N–H and O–H groups in total. The van der Waals surface area contributed by atoms with Crippen LogP contribution in [0.25, 0.3) is 10.4 Å². The van der Waals surface area contributed by atoms with Gasteiger partial charge in [0.1, 0.15) is 10.4 Å². The third kappa shape index (κ3) is 4.36. The van der Waals surface area contributed by atoms with E-state index in [2.05, 4.69) is 10.3 Å². The van der Waals surface area contributed by atoms with E-state index in [1.807, 2.05) is 30.5 Å². The molecule has 1 amide bonds. The molecule has 160 valence electrons. The predicted octanol–water partition coefficient (Wildman–Crippen LogP) is 6.09. The Bertz CT molecular complexity index is 1090. The number of thiazole rings is 1. The van der Waals surface area contributed by atoms with Gasteiger partial charge >= 0.3 is 5.97 Å². The second-order valence-corrected chi connectivity index (χ2v) is 9.11. The fourth-order valence-electron chi connectivity index (χ4n) is 4.05. The van der Waals surface area contributed by atoms with Gasteiger partial charge in [0.15, 0.2) is 0 Å². The first-order valence-corrected chi connectivity index (χ1v) is 11.4. The lowest BCUT2D eigenvalue weighted by Gasteiger charge is -2.32. The first-order valence-electron chi connectivity index (χ1n) is 10.2. The maximum absolute atomic E-state index is 12.6. The maximum Gasteiger partial charge on any atom is 0.318 e. The number of hydrogen-bond donors (Lipinski definition) is 1. The van der Waals surface area contributed by atoms with Crippen molar-refractivity contribution in [1.82, 2.24) is 4.98 Å². The van der Waals surface area contributed by atoms with Gasteiger partial charge in [0.05, 0.1) is 22.6 Å². The first kappa shape index (κ1) is 21.5. The molecule has 4 rings (SSSR count). The van der Waals surface area contributed by atoms with Crippen LogP contribution in [0.15, 0.2) is 54.7 Å². The summed E-state index contributed by atoms with van der Waals surface area (Å²) < 4.78 is 5.14. The lowest BCUT2D eigenvalue weighted by Crippen LogP contribution is -2.38. The largest absolute Gasteiger partial charge is 0.468 e. The molecule has 0 atom stereocenters. The van der Waals surface area contributed by atoms with Crippen LogP contribution in [0.4, 0.5) is 5.69 Å². The standard InChI is InChI=1S/C24H23ClN2O3S/c1-30-23(29)24(13-5-2-6-14-24)22-26-15-20(31-22)16-9-11-17(12-10-16)27-21(28)18-7-3-4-8-19(18)25/h3-4,7-12,15H,2,5-6,13-14H2,1H3,(H,27,28). The summed E-state index contributed by atoms with van der Waals surface area (Å²) in [5.74, 6) is -0.443. The van der Waals surface area contributed by atoms with E-state index >= 15 is 0 Å². The highest BCUT2D eigenvalue weighted by atomic mass is 35.5. The van der Waals surface area contributed by atoms with Gasteiger partial charge < -0.3 is 10.1 Å². The minimum absolute atomic E-state index is 0.189. The third-order valence-electron chi connectivity index (χ3n) is 5.74. The minimum Gasteiger partial charge on any atom is -0.468 e. The molecule has 0 spiro atoms. The summed E-state index contributed by atoms with van der Waals surface area (Å²) in [5, 5.41) is 4.10. The maximum atomic E-state index is 12.6. The zero-order chi connectivity index (χ0) is 21.8. The summed E-state index contributed by atoms with van der Waals surface area (Å²) in [6.45, 7) is 0. The summed E-state index contributed by atoms with van der Waals surface area (Å²) in [7, 11) is 1.45. The van der Waals surface area contributed by atoms with Crippen LogP contribution in [0.5, 0.6) is 0 Å². The number of nitrogens with zero attached hydrogens (tertiary/aromatic N) is 1. The number of nitrogens with one attached hydrogen (secondary N) is 1. The van der Waals surface area contributed by atoms with Gasteiger partial charge in [-0.05, 0) is 42.7 Å². The molecule has 0 saturated heterocycles. The van der Waals surface area contributed by atoms with Crippen LogP contribution < -0.4 is 5.32 Å². The average Bonchev–Trinajstić information content (AvgIpc) is 3.30. The van der Waals surface area contributed by atoms with Gasteiger partial charge in [-0.3, -0.25) is 9.59 Å². The summed E-state index contributed by atoms with van der Waals surface area (Å²) in [6, 6.07) is 14.5. The van der Waals surface area contributed by atoms with Crippen molar-refractivity contribution < 1.29 is 14.3 Å². The number of ether oxygens (including phenoxy) is 1. The Kier molecular flexibility index (Phi) is 6.39. The van der Waals surface area contributed by atoms with Crippen molar-refractivity contribution in [2.24, 2.45) is 0 Å². The van der Waals surface area contributed by atoms with Crippen molar-refractivity contribution in [3.05, 3.63) is 70.3 Å². The van der Waals surface area contributed by atoms with E-state index in [1.165, 1.54) is 18.4 Å². The van der Waals surface area contributed by atoms with Gasteiger partial charge in [-0.1, -0.05) is 55.1 Å². The molecule has 1 aromatic heterocycles. The number of esters is 1. The van der Waals surface area contributed by atoms with E-state index in [0.29, 0.717) is 16.3 Å². The van der Waals surface area contributed by atoms with Crippen molar-refractivity contribution in [2.45, 2.75) is 37.5 Å². The van der Waals surface area contributed by atoms with Gasteiger partial charge in [0.2, 0.25) is 0 Å². The number of aromatic nitrogens is 1. The van der Waals surface area contributed by atoms with E-state index in [4.69, 9.17) is 16.3 Å². The molecule has 1 heterocycles. The Balaban J connectivity index is 1.52. The van der Waals surface area contributed by atoms with Crippen molar-refractivity contribution in [3.8, 4) is 10.4 Å². The zero-order valence-electron chi connectivity index (χ0n) is 17.2. The molecule has 3 aromatic rings.